The molecule has 2 rings (SSSR count). The summed E-state index contributed by atoms with van der Waals surface area (Å²) in [4.78, 5) is 18.2. The summed E-state index contributed by atoms with van der Waals surface area (Å²) in [6.07, 6.45) is 0. The Kier molecular flexibility index (Phi) is 4.80. The zero-order valence-electron chi connectivity index (χ0n) is 11.6. The Labute approximate surface area is 123 Å². The van der Waals surface area contributed by atoms with Crippen molar-refractivity contribution >= 4 is 23.4 Å². The van der Waals surface area contributed by atoms with Gasteiger partial charge in [-0.25, -0.2) is 10.8 Å². The fourth-order valence-electron chi connectivity index (χ4n) is 2.54. The van der Waals surface area contributed by atoms with E-state index in [0.29, 0.717) is 23.9 Å². The summed E-state index contributed by atoms with van der Waals surface area (Å²) < 4.78 is 4.83. The Balaban J connectivity index is 2.06. The Morgan fingerprint density at radius 1 is 1.60 bits per heavy atom. The monoisotopic (exact) mass is 298 g/mol. The van der Waals surface area contributed by atoms with Crippen LogP contribution in [0.15, 0.2) is 12.1 Å². The zero-order chi connectivity index (χ0) is 14.7. The molecule has 2 heterocycles. The predicted molar refractivity (Wildman–Crippen MR) is 77.0 cm³/mol. The van der Waals surface area contributed by atoms with Gasteiger partial charge in [-0.05, 0) is 18.1 Å². The number of hydrogen-bond acceptors (Lipinski definition) is 6. The minimum absolute atomic E-state index is 0.0883. The number of nitrogens with two attached hydrogens (primary N) is 1. The summed E-state index contributed by atoms with van der Waals surface area (Å²) in [7, 11) is 1.42. The predicted octanol–water partition coefficient (Wildman–Crippen LogP) is 1.26. The lowest BCUT2D eigenvalue weighted by molar-refractivity contribution is -0.146. The van der Waals surface area contributed by atoms with E-state index in [1.807, 2.05) is 0 Å². The van der Waals surface area contributed by atoms with Crippen LogP contribution < -0.4 is 11.3 Å². The van der Waals surface area contributed by atoms with Gasteiger partial charge in [-0.3, -0.25) is 9.69 Å². The second-order valence-electron chi connectivity index (χ2n) is 5.07. The second-order valence-corrected chi connectivity index (χ2v) is 5.48. The van der Waals surface area contributed by atoms with E-state index in [9.17, 15) is 4.79 Å². The summed E-state index contributed by atoms with van der Waals surface area (Å²) in [6.45, 7) is 4.12. The molecule has 0 radical (unpaired) electrons. The van der Waals surface area contributed by atoms with E-state index in [-0.39, 0.29) is 17.8 Å². The smallest absolute Gasteiger partial charge is 0.310 e. The van der Waals surface area contributed by atoms with Crippen molar-refractivity contribution in [2.75, 3.05) is 25.6 Å². The van der Waals surface area contributed by atoms with Gasteiger partial charge in [-0.2, -0.15) is 0 Å². The van der Waals surface area contributed by atoms with E-state index in [1.165, 1.54) is 7.11 Å². The van der Waals surface area contributed by atoms with Gasteiger partial charge in [0.05, 0.1) is 23.7 Å². The molecule has 0 aromatic carbocycles. The number of ether oxygens (including phenoxy) is 1. The number of hydrazine groups is 1. The van der Waals surface area contributed by atoms with Crippen molar-refractivity contribution < 1.29 is 9.53 Å². The highest BCUT2D eigenvalue weighted by molar-refractivity contribution is 6.31. The molecule has 7 heteroatoms. The van der Waals surface area contributed by atoms with Crippen LogP contribution in [-0.4, -0.2) is 36.1 Å². The highest BCUT2D eigenvalue weighted by Gasteiger charge is 2.35. The number of anilines is 1. The Hall–Kier alpha value is -1.37. The SMILES string of the molecule is COC(=O)C1CN(Cc2nc(NN)ccc2Cl)CC1C. The summed E-state index contributed by atoms with van der Waals surface area (Å²) in [5.41, 5.74) is 3.25. The van der Waals surface area contributed by atoms with Crippen molar-refractivity contribution in [3.05, 3.63) is 22.8 Å². The molecule has 1 fully saturated rings. The number of carbonyl (C=O) groups is 1. The van der Waals surface area contributed by atoms with Gasteiger partial charge in [0.2, 0.25) is 0 Å². The van der Waals surface area contributed by atoms with Crippen LogP contribution in [0.25, 0.3) is 0 Å². The number of carbonyl (C=O) groups excluding carboxylic acids is 1. The molecule has 2 unspecified atom stereocenters. The third-order valence-electron chi connectivity index (χ3n) is 3.63. The number of nitrogens with zero attached hydrogens (tertiary/aromatic N) is 2. The molecule has 110 valence electrons. The Morgan fingerprint density at radius 2 is 2.35 bits per heavy atom. The van der Waals surface area contributed by atoms with E-state index in [0.717, 1.165) is 12.2 Å². The molecule has 0 bridgehead atoms. The standard InChI is InChI=1S/C13H19ClN4O2/c1-8-5-18(6-9(8)13(19)20-2)7-11-10(14)3-4-12(16-11)17-15/h3-4,8-9H,5-7,15H2,1-2H3,(H,16,17). The molecule has 0 saturated carbocycles. The number of rotatable bonds is 4. The van der Waals surface area contributed by atoms with E-state index >= 15 is 0 Å². The lowest BCUT2D eigenvalue weighted by Crippen LogP contribution is -2.25. The first-order chi connectivity index (χ1) is 9.55. The average molecular weight is 299 g/mol. The van der Waals surface area contributed by atoms with E-state index in [2.05, 4.69) is 22.2 Å². The number of aromatic nitrogens is 1. The topological polar surface area (TPSA) is 80.5 Å². The molecule has 3 N–H and O–H groups in total. The maximum Gasteiger partial charge on any atom is 0.310 e. The van der Waals surface area contributed by atoms with Crippen LogP contribution in [0.5, 0.6) is 0 Å². The van der Waals surface area contributed by atoms with Crippen molar-refractivity contribution in [2.24, 2.45) is 17.7 Å². The molecule has 1 aromatic heterocycles. The molecule has 0 amide bonds. The van der Waals surface area contributed by atoms with Gasteiger partial charge in [0.25, 0.3) is 0 Å². The Bertz CT molecular complexity index is 497. The highest BCUT2D eigenvalue weighted by atomic mass is 35.5. The third kappa shape index (κ3) is 3.20. The van der Waals surface area contributed by atoms with Gasteiger partial charge >= 0.3 is 5.97 Å². The highest BCUT2D eigenvalue weighted by Crippen LogP contribution is 2.27. The number of methoxy groups -OCH3 is 1. The first-order valence-electron chi connectivity index (χ1n) is 6.47. The van der Waals surface area contributed by atoms with Crippen molar-refractivity contribution in [2.45, 2.75) is 13.5 Å². The van der Waals surface area contributed by atoms with Crippen molar-refractivity contribution in [1.29, 1.82) is 0 Å². The third-order valence-corrected chi connectivity index (χ3v) is 3.98. The fraction of sp³-hybridized carbons (Fsp3) is 0.538. The van der Waals surface area contributed by atoms with Crippen LogP contribution in [0.1, 0.15) is 12.6 Å². The van der Waals surface area contributed by atoms with Crippen LogP contribution >= 0.6 is 11.6 Å². The lowest BCUT2D eigenvalue weighted by Gasteiger charge is -2.16. The summed E-state index contributed by atoms with van der Waals surface area (Å²) in [6, 6.07) is 3.48. The molecule has 20 heavy (non-hydrogen) atoms. The lowest BCUT2D eigenvalue weighted by atomic mass is 9.99. The number of nitrogens with one attached hydrogen (secondary N) is 1. The maximum absolute atomic E-state index is 11.7. The number of hydrogen-bond donors (Lipinski definition) is 2. The summed E-state index contributed by atoms with van der Waals surface area (Å²) in [5, 5.41) is 0.596. The number of likely N-dealkylation sites (tertiary alicyclic amines) is 1. The van der Waals surface area contributed by atoms with E-state index in [4.69, 9.17) is 22.2 Å². The summed E-state index contributed by atoms with van der Waals surface area (Å²) in [5.74, 6) is 5.94. The van der Waals surface area contributed by atoms with E-state index in [1.54, 1.807) is 12.1 Å². The molecular weight excluding hydrogens is 280 g/mol. The van der Waals surface area contributed by atoms with Gasteiger partial charge < -0.3 is 10.2 Å². The first kappa shape index (κ1) is 15.0. The normalized spacial score (nSPS) is 22.8. The molecule has 2 atom stereocenters. The van der Waals surface area contributed by atoms with Gasteiger partial charge in [0.1, 0.15) is 5.82 Å². The van der Waals surface area contributed by atoms with Crippen LogP contribution in [0.2, 0.25) is 5.02 Å². The second kappa shape index (κ2) is 6.39. The van der Waals surface area contributed by atoms with Crippen molar-refractivity contribution in [3.63, 3.8) is 0 Å². The minimum atomic E-state index is -0.156. The average Bonchev–Trinajstić information content (AvgIpc) is 2.81. The summed E-state index contributed by atoms with van der Waals surface area (Å²) >= 11 is 6.14. The molecule has 0 aliphatic carbocycles. The van der Waals surface area contributed by atoms with E-state index < -0.39 is 0 Å². The van der Waals surface area contributed by atoms with Crippen LogP contribution in [-0.2, 0) is 16.1 Å². The Morgan fingerprint density at radius 3 is 3.00 bits per heavy atom. The van der Waals surface area contributed by atoms with Crippen molar-refractivity contribution in [3.8, 4) is 0 Å². The quantitative estimate of drug-likeness (QED) is 0.495. The fourth-order valence-corrected chi connectivity index (χ4v) is 2.71. The molecule has 1 aliphatic heterocycles. The van der Waals surface area contributed by atoms with Crippen LogP contribution in [0.4, 0.5) is 5.82 Å². The molecule has 1 saturated heterocycles. The molecular formula is C13H19ClN4O2. The van der Waals surface area contributed by atoms with Crippen LogP contribution in [0, 0.1) is 11.8 Å². The van der Waals surface area contributed by atoms with Crippen LogP contribution in [0.3, 0.4) is 0 Å². The maximum atomic E-state index is 11.7. The van der Waals surface area contributed by atoms with Gasteiger partial charge in [-0.1, -0.05) is 18.5 Å². The molecule has 1 aliphatic rings. The number of esters is 1. The zero-order valence-corrected chi connectivity index (χ0v) is 12.4. The molecule has 1 aromatic rings. The molecule has 0 spiro atoms. The number of pyridine rings is 1. The van der Waals surface area contributed by atoms with Gasteiger partial charge in [0, 0.05) is 19.6 Å². The largest absolute Gasteiger partial charge is 0.469 e. The minimum Gasteiger partial charge on any atom is -0.469 e. The first-order valence-corrected chi connectivity index (χ1v) is 6.85. The van der Waals surface area contributed by atoms with Gasteiger partial charge in [-0.15, -0.1) is 0 Å². The van der Waals surface area contributed by atoms with Gasteiger partial charge in [0.15, 0.2) is 0 Å². The number of nitrogen functional groups attached to an aromatic ring is 1. The van der Waals surface area contributed by atoms with Crippen molar-refractivity contribution in [1.82, 2.24) is 9.88 Å². The molecule has 6 nitrogen and oxygen atoms in total. The number of halogens is 1.